The average molecular weight is 635 g/mol. The Morgan fingerprint density at radius 3 is 2.36 bits per heavy atom. The van der Waals surface area contributed by atoms with Crippen molar-refractivity contribution in [1.82, 2.24) is 25.1 Å². The van der Waals surface area contributed by atoms with Gasteiger partial charge in [0.2, 0.25) is 5.91 Å². The van der Waals surface area contributed by atoms with E-state index in [4.69, 9.17) is 5.73 Å². The summed E-state index contributed by atoms with van der Waals surface area (Å²) in [6.07, 6.45) is -3.24. The van der Waals surface area contributed by atoms with Crippen molar-refractivity contribution in [3.63, 3.8) is 0 Å². The topological polar surface area (TPSA) is 132 Å². The summed E-state index contributed by atoms with van der Waals surface area (Å²) in [6.45, 7) is -0.814. The van der Waals surface area contributed by atoms with Crippen LogP contribution in [-0.4, -0.2) is 51.7 Å². The van der Waals surface area contributed by atoms with Crippen LogP contribution in [0.3, 0.4) is 0 Å². The van der Waals surface area contributed by atoms with E-state index in [0.717, 1.165) is 44.6 Å². The third-order valence-electron chi connectivity index (χ3n) is 6.53. The molecule has 1 atom stereocenters. The first-order valence-electron chi connectivity index (χ1n) is 12.9. The van der Waals surface area contributed by atoms with Crippen molar-refractivity contribution in [2.45, 2.75) is 25.2 Å². The number of pyridine rings is 1. The van der Waals surface area contributed by atoms with E-state index in [2.05, 4.69) is 20.2 Å². The van der Waals surface area contributed by atoms with Crippen LogP contribution in [0.5, 0.6) is 0 Å². The summed E-state index contributed by atoms with van der Waals surface area (Å²) in [5, 5.41) is 6.51. The van der Waals surface area contributed by atoms with E-state index in [1.807, 2.05) is 0 Å². The number of rotatable bonds is 10. The van der Waals surface area contributed by atoms with Gasteiger partial charge in [0, 0.05) is 31.1 Å². The molecule has 3 amide bonds. The van der Waals surface area contributed by atoms with E-state index in [9.17, 15) is 40.7 Å². The lowest BCUT2D eigenvalue weighted by molar-refractivity contribution is -0.142. The van der Waals surface area contributed by atoms with Crippen LogP contribution in [0.2, 0.25) is 0 Å². The van der Waals surface area contributed by atoms with Gasteiger partial charge in [0.25, 0.3) is 11.8 Å². The van der Waals surface area contributed by atoms with Gasteiger partial charge in [-0.2, -0.15) is 18.3 Å². The molecular formula is C29H24F6N6O4. The number of hydrogen-bond donors (Lipinski definition) is 2. The normalized spacial score (nSPS) is 12.1. The van der Waals surface area contributed by atoms with Crippen molar-refractivity contribution in [3.05, 3.63) is 106 Å². The van der Waals surface area contributed by atoms with Crippen molar-refractivity contribution in [2.75, 3.05) is 14.2 Å². The van der Waals surface area contributed by atoms with E-state index in [0.29, 0.717) is 15.8 Å². The second-order valence-corrected chi connectivity index (χ2v) is 9.67. The van der Waals surface area contributed by atoms with E-state index in [1.54, 1.807) is 0 Å². The second-order valence-electron chi connectivity index (χ2n) is 9.67. The maximum atomic E-state index is 14.2. The lowest BCUT2D eigenvalue weighted by atomic mass is 9.94. The predicted octanol–water partition coefficient (Wildman–Crippen LogP) is 4.21. The van der Waals surface area contributed by atoms with Crippen molar-refractivity contribution in [1.29, 1.82) is 0 Å². The van der Waals surface area contributed by atoms with Gasteiger partial charge in [0.1, 0.15) is 24.0 Å². The molecule has 0 bridgehead atoms. The monoisotopic (exact) mass is 634 g/mol. The summed E-state index contributed by atoms with van der Waals surface area (Å²) in [5.74, 6) is -5.84. The number of hydrogen-bond acceptors (Lipinski definition) is 6. The molecule has 10 nitrogen and oxygen atoms in total. The minimum absolute atomic E-state index is 0.0836. The number of nitrogens with one attached hydrogen (secondary N) is 1. The summed E-state index contributed by atoms with van der Waals surface area (Å²) in [6, 6.07) is 8.01. The summed E-state index contributed by atoms with van der Waals surface area (Å²) < 4.78 is 83.9. The molecule has 4 aromatic rings. The first kappa shape index (κ1) is 32.7. The Labute approximate surface area is 251 Å². The van der Waals surface area contributed by atoms with Crippen LogP contribution in [0, 0.1) is 17.5 Å². The largest absolute Gasteiger partial charge is 0.435 e. The molecule has 45 heavy (non-hydrogen) atoms. The van der Waals surface area contributed by atoms with Gasteiger partial charge in [-0.05, 0) is 47.9 Å². The average Bonchev–Trinajstić information content (AvgIpc) is 3.40. The Bertz CT molecular complexity index is 1740. The van der Waals surface area contributed by atoms with Crippen LogP contribution < -0.4 is 11.1 Å². The molecule has 1 unspecified atom stereocenters. The second kappa shape index (κ2) is 13.2. The molecule has 2 aromatic heterocycles. The summed E-state index contributed by atoms with van der Waals surface area (Å²) >= 11 is 0. The molecule has 0 aliphatic heterocycles. The molecule has 0 saturated heterocycles. The molecule has 2 heterocycles. The van der Waals surface area contributed by atoms with Gasteiger partial charge in [0.15, 0.2) is 5.69 Å². The van der Waals surface area contributed by atoms with Gasteiger partial charge < -0.3 is 11.1 Å². The minimum atomic E-state index is -5.05. The molecular weight excluding hydrogens is 610 g/mol. The van der Waals surface area contributed by atoms with Gasteiger partial charge in [-0.15, -0.1) is 0 Å². The molecule has 0 aliphatic rings. The van der Waals surface area contributed by atoms with Crippen molar-refractivity contribution in [3.8, 4) is 11.1 Å². The molecule has 4 rings (SSSR count). The van der Waals surface area contributed by atoms with Crippen molar-refractivity contribution < 1.29 is 45.6 Å². The van der Waals surface area contributed by atoms with Gasteiger partial charge in [-0.3, -0.25) is 28.9 Å². The summed E-state index contributed by atoms with van der Waals surface area (Å²) in [4.78, 5) is 46.4. The van der Waals surface area contributed by atoms with E-state index >= 15 is 0 Å². The lowest BCUT2D eigenvalue weighted by Gasteiger charge is -2.22. The first-order valence-corrected chi connectivity index (χ1v) is 12.9. The first-order chi connectivity index (χ1) is 21.2. The van der Waals surface area contributed by atoms with E-state index in [1.165, 1.54) is 24.4 Å². The number of alkyl halides is 3. The van der Waals surface area contributed by atoms with Crippen molar-refractivity contribution in [2.24, 2.45) is 5.73 Å². The third kappa shape index (κ3) is 7.64. The number of nitrogens with two attached hydrogens (primary N) is 1. The zero-order chi connectivity index (χ0) is 33.1. The fourth-order valence-electron chi connectivity index (χ4n) is 4.51. The lowest BCUT2D eigenvalue weighted by Crippen LogP contribution is -2.34. The highest BCUT2D eigenvalue weighted by Crippen LogP contribution is 2.32. The Kier molecular flexibility index (Phi) is 9.56. The molecule has 0 radical (unpaired) electrons. The SMILES string of the molecule is CON(C)C(=O)c1cn(CC(=O)NC(Cc2cc(F)cc(F)c2)c2ncccc2-c2ccc(F)c(C(N)=O)c2)nc1C(F)(F)F. The fourth-order valence-corrected chi connectivity index (χ4v) is 4.51. The summed E-state index contributed by atoms with van der Waals surface area (Å²) in [5.41, 5.74) is 3.14. The smallest absolute Gasteiger partial charge is 0.366 e. The minimum Gasteiger partial charge on any atom is -0.366 e. The zero-order valence-electron chi connectivity index (χ0n) is 23.5. The van der Waals surface area contributed by atoms with Crippen LogP contribution in [0.25, 0.3) is 11.1 Å². The Hall–Kier alpha value is -5.25. The number of hydroxylamine groups is 2. The van der Waals surface area contributed by atoms with Crippen LogP contribution in [0.1, 0.15) is 43.7 Å². The number of benzene rings is 2. The number of aromatic nitrogens is 3. The number of carbonyl (C=O) groups excluding carboxylic acids is 3. The van der Waals surface area contributed by atoms with Gasteiger partial charge in [0.05, 0.1) is 30.0 Å². The van der Waals surface area contributed by atoms with Crippen LogP contribution in [-0.2, 0) is 28.8 Å². The number of amides is 3. The van der Waals surface area contributed by atoms with Crippen LogP contribution >= 0.6 is 0 Å². The van der Waals surface area contributed by atoms with E-state index < -0.39 is 70.8 Å². The molecule has 2 aromatic carbocycles. The van der Waals surface area contributed by atoms with Gasteiger partial charge in [-0.25, -0.2) is 18.2 Å². The Balaban J connectivity index is 1.73. The van der Waals surface area contributed by atoms with Crippen LogP contribution in [0.4, 0.5) is 26.3 Å². The molecule has 236 valence electrons. The summed E-state index contributed by atoms with van der Waals surface area (Å²) in [7, 11) is 2.16. The molecule has 0 saturated carbocycles. The predicted molar refractivity (Wildman–Crippen MR) is 145 cm³/mol. The number of nitrogens with zero attached hydrogens (tertiary/aromatic N) is 4. The van der Waals surface area contributed by atoms with Crippen molar-refractivity contribution >= 4 is 17.7 Å². The number of carbonyl (C=O) groups is 3. The standard InChI is InChI=1S/C29H24F6N6O4/c1-40(45-2)28(44)21-13-41(39-26(21)29(33,34)35)14-24(42)38-23(10-15-8-17(30)12-18(31)9-15)25-19(4-3-7-37-25)16-5-6-22(32)20(11-16)27(36)43/h3-9,11-13,23H,10,14H2,1-2H3,(H2,36,43)(H,38,42). The van der Waals surface area contributed by atoms with Crippen LogP contribution in [0.15, 0.2) is 60.9 Å². The maximum Gasteiger partial charge on any atom is 0.435 e. The molecule has 3 N–H and O–H groups in total. The third-order valence-corrected chi connectivity index (χ3v) is 6.53. The zero-order valence-corrected chi connectivity index (χ0v) is 23.5. The highest BCUT2D eigenvalue weighted by atomic mass is 19.4. The molecule has 0 aliphatic carbocycles. The molecule has 0 fully saturated rings. The fraction of sp³-hybridized carbons (Fsp3) is 0.207. The van der Waals surface area contributed by atoms with E-state index in [-0.39, 0.29) is 28.8 Å². The highest BCUT2D eigenvalue weighted by Gasteiger charge is 2.40. The molecule has 0 spiro atoms. The maximum absolute atomic E-state index is 14.2. The number of primary amides is 1. The number of halogens is 6. The van der Waals surface area contributed by atoms with Gasteiger partial charge >= 0.3 is 6.18 Å². The quantitative estimate of drug-likeness (QED) is 0.199. The molecule has 16 heteroatoms. The van der Waals surface area contributed by atoms with Gasteiger partial charge in [-0.1, -0.05) is 12.1 Å². The highest BCUT2D eigenvalue weighted by molar-refractivity contribution is 5.95. The Morgan fingerprint density at radius 2 is 1.73 bits per heavy atom. The Morgan fingerprint density at radius 1 is 1.04 bits per heavy atom.